The van der Waals surface area contributed by atoms with Gasteiger partial charge in [0.15, 0.2) is 0 Å². The van der Waals surface area contributed by atoms with Crippen molar-refractivity contribution in [2.75, 3.05) is 40.3 Å². The van der Waals surface area contributed by atoms with Gasteiger partial charge in [-0.15, -0.1) is 0 Å². The number of nitrogens with one attached hydrogen (secondary N) is 1. The standard InChI is InChI=1S/C25H35N3O/c1-27(2)19-16-26-25(29)13-10-21-14-17-28(18-15-21)20-22-8-11-24(12-9-22)23-6-4-3-5-7-23/h3-9,11-12,21H,10,13-20H2,1-2H3,(H,26,29). The molecule has 1 N–H and O–H groups in total. The number of hydrogen-bond donors (Lipinski definition) is 1. The molecule has 1 heterocycles. The van der Waals surface area contributed by atoms with Crippen molar-refractivity contribution in [3.63, 3.8) is 0 Å². The number of amides is 1. The average Bonchev–Trinajstić information content (AvgIpc) is 2.74. The number of likely N-dealkylation sites (N-methyl/N-ethyl adjacent to an activating group) is 1. The van der Waals surface area contributed by atoms with Gasteiger partial charge in [0.05, 0.1) is 0 Å². The van der Waals surface area contributed by atoms with Crippen molar-refractivity contribution in [1.82, 2.24) is 15.1 Å². The molecule has 2 aromatic rings. The van der Waals surface area contributed by atoms with Crippen LogP contribution in [-0.4, -0.2) is 56.0 Å². The zero-order valence-corrected chi connectivity index (χ0v) is 17.9. The van der Waals surface area contributed by atoms with Crippen LogP contribution in [0.3, 0.4) is 0 Å². The van der Waals surface area contributed by atoms with Crippen LogP contribution in [0.5, 0.6) is 0 Å². The van der Waals surface area contributed by atoms with Crippen LogP contribution in [0.4, 0.5) is 0 Å². The summed E-state index contributed by atoms with van der Waals surface area (Å²) in [5.74, 6) is 0.888. The maximum atomic E-state index is 12.0. The molecule has 29 heavy (non-hydrogen) atoms. The molecule has 1 amide bonds. The summed E-state index contributed by atoms with van der Waals surface area (Å²) < 4.78 is 0. The molecule has 1 saturated heterocycles. The molecule has 0 unspecified atom stereocenters. The Bertz CT molecular complexity index is 734. The number of carbonyl (C=O) groups is 1. The van der Waals surface area contributed by atoms with Gasteiger partial charge in [-0.1, -0.05) is 54.6 Å². The van der Waals surface area contributed by atoms with Gasteiger partial charge in [-0.05, 0) is 69.1 Å². The molecule has 0 spiro atoms. The van der Waals surface area contributed by atoms with Crippen LogP contribution in [-0.2, 0) is 11.3 Å². The predicted octanol–water partition coefficient (Wildman–Crippen LogP) is 4.02. The predicted molar refractivity (Wildman–Crippen MR) is 121 cm³/mol. The van der Waals surface area contributed by atoms with E-state index in [-0.39, 0.29) is 5.91 Å². The maximum absolute atomic E-state index is 12.0. The summed E-state index contributed by atoms with van der Waals surface area (Å²) >= 11 is 0. The van der Waals surface area contributed by atoms with Gasteiger partial charge in [0.2, 0.25) is 5.91 Å². The Morgan fingerprint density at radius 1 is 1.00 bits per heavy atom. The van der Waals surface area contributed by atoms with E-state index >= 15 is 0 Å². The third-order valence-electron chi connectivity index (χ3n) is 5.84. The van der Waals surface area contributed by atoms with Gasteiger partial charge in [0.25, 0.3) is 0 Å². The first kappa shape index (κ1) is 21.5. The van der Waals surface area contributed by atoms with Crippen LogP contribution < -0.4 is 5.32 Å². The second kappa shape index (κ2) is 11.1. The Kier molecular flexibility index (Phi) is 8.26. The molecular weight excluding hydrogens is 358 g/mol. The number of hydrogen-bond acceptors (Lipinski definition) is 3. The molecule has 2 aromatic carbocycles. The van der Waals surface area contributed by atoms with Crippen molar-refractivity contribution in [2.24, 2.45) is 5.92 Å². The monoisotopic (exact) mass is 393 g/mol. The molecule has 3 rings (SSSR count). The second-order valence-electron chi connectivity index (χ2n) is 8.47. The molecule has 4 heteroatoms. The summed E-state index contributed by atoms with van der Waals surface area (Å²) in [6.07, 6.45) is 4.09. The Balaban J connectivity index is 1.36. The van der Waals surface area contributed by atoms with Crippen molar-refractivity contribution in [1.29, 1.82) is 0 Å². The summed E-state index contributed by atoms with van der Waals surface area (Å²) in [5.41, 5.74) is 3.92. The van der Waals surface area contributed by atoms with E-state index in [0.29, 0.717) is 12.3 Å². The fourth-order valence-electron chi connectivity index (χ4n) is 3.97. The molecule has 4 nitrogen and oxygen atoms in total. The first-order chi connectivity index (χ1) is 14.1. The first-order valence-corrected chi connectivity index (χ1v) is 10.9. The summed E-state index contributed by atoms with van der Waals surface area (Å²) in [6.45, 7) is 4.93. The molecule has 0 atom stereocenters. The summed E-state index contributed by atoms with van der Waals surface area (Å²) in [7, 11) is 4.05. The van der Waals surface area contributed by atoms with E-state index in [0.717, 1.165) is 39.1 Å². The molecule has 0 aromatic heterocycles. The van der Waals surface area contributed by atoms with E-state index in [2.05, 4.69) is 69.7 Å². The first-order valence-electron chi connectivity index (χ1n) is 10.9. The number of carbonyl (C=O) groups excluding carboxylic acids is 1. The van der Waals surface area contributed by atoms with E-state index in [1.165, 1.54) is 29.5 Å². The van der Waals surface area contributed by atoms with Gasteiger partial charge in [-0.3, -0.25) is 9.69 Å². The summed E-state index contributed by atoms with van der Waals surface area (Å²) in [5, 5.41) is 3.02. The van der Waals surface area contributed by atoms with Crippen molar-refractivity contribution < 1.29 is 4.79 Å². The Labute approximate surface area is 175 Å². The number of likely N-dealkylation sites (tertiary alicyclic amines) is 1. The number of nitrogens with zero attached hydrogens (tertiary/aromatic N) is 2. The summed E-state index contributed by atoms with van der Waals surface area (Å²) in [4.78, 5) is 16.6. The van der Waals surface area contributed by atoms with Gasteiger partial charge in [-0.2, -0.15) is 0 Å². The van der Waals surface area contributed by atoms with E-state index in [9.17, 15) is 4.79 Å². The van der Waals surface area contributed by atoms with Crippen LogP contribution in [0.2, 0.25) is 0 Å². The van der Waals surface area contributed by atoms with E-state index in [1.807, 2.05) is 14.1 Å². The van der Waals surface area contributed by atoms with Crippen molar-refractivity contribution in [2.45, 2.75) is 32.2 Å². The van der Waals surface area contributed by atoms with Crippen molar-refractivity contribution in [3.8, 4) is 11.1 Å². The topological polar surface area (TPSA) is 35.6 Å². The van der Waals surface area contributed by atoms with Gasteiger partial charge >= 0.3 is 0 Å². The zero-order chi connectivity index (χ0) is 20.5. The molecule has 0 bridgehead atoms. The minimum Gasteiger partial charge on any atom is -0.355 e. The van der Waals surface area contributed by atoms with Crippen LogP contribution in [0.25, 0.3) is 11.1 Å². The molecule has 1 fully saturated rings. The minimum absolute atomic E-state index is 0.202. The van der Waals surface area contributed by atoms with Crippen LogP contribution in [0.1, 0.15) is 31.2 Å². The molecule has 156 valence electrons. The quantitative estimate of drug-likeness (QED) is 0.699. The molecule has 0 radical (unpaired) electrons. The number of benzene rings is 2. The normalized spacial score (nSPS) is 15.6. The molecule has 1 aliphatic rings. The lowest BCUT2D eigenvalue weighted by molar-refractivity contribution is -0.121. The SMILES string of the molecule is CN(C)CCNC(=O)CCC1CCN(Cc2ccc(-c3ccccc3)cc2)CC1. The van der Waals surface area contributed by atoms with Gasteiger partial charge in [-0.25, -0.2) is 0 Å². The smallest absolute Gasteiger partial charge is 0.220 e. The lowest BCUT2D eigenvalue weighted by atomic mass is 9.91. The van der Waals surface area contributed by atoms with Crippen LogP contribution >= 0.6 is 0 Å². The van der Waals surface area contributed by atoms with E-state index < -0.39 is 0 Å². The fraction of sp³-hybridized carbons (Fsp3) is 0.480. The molecular formula is C25H35N3O. The van der Waals surface area contributed by atoms with Crippen LogP contribution in [0.15, 0.2) is 54.6 Å². The summed E-state index contributed by atoms with van der Waals surface area (Å²) in [6, 6.07) is 19.5. The van der Waals surface area contributed by atoms with Gasteiger partial charge < -0.3 is 10.2 Å². The molecule has 1 aliphatic heterocycles. The fourth-order valence-corrected chi connectivity index (χ4v) is 3.97. The van der Waals surface area contributed by atoms with Gasteiger partial charge in [0.1, 0.15) is 0 Å². The molecule has 0 saturated carbocycles. The Morgan fingerprint density at radius 2 is 1.66 bits per heavy atom. The highest BCUT2D eigenvalue weighted by atomic mass is 16.1. The third kappa shape index (κ3) is 7.30. The lowest BCUT2D eigenvalue weighted by Gasteiger charge is -2.32. The van der Waals surface area contributed by atoms with Crippen molar-refractivity contribution >= 4 is 5.91 Å². The largest absolute Gasteiger partial charge is 0.355 e. The Hall–Kier alpha value is -2.17. The Morgan fingerprint density at radius 3 is 2.31 bits per heavy atom. The maximum Gasteiger partial charge on any atom is 0.220 e. The minimum atomic E-state index is 0.202. The van der Waals surface area contributed by atoms with Crippen LogP contribution in [0, 0.1) is 5.92 Å². The molecule has 0 aliphatic carbocycles. The number of rotatable bonds is 9. The zero-order valence-electron chi connectivity index (χ0n) is 17.9. The van der Waals surface area contributed by atoms with Crippen molar-refractivity contribution in [3.05, 3.63) is 60.2 Å². The highest BCUT2D eigenvalue weighted by molar-refractivity contribution is 5.75. The van der Waals surface area contributed by atoms with E-state index in [1.54, 1.807) is 0 Å². The highest BCUT2D eigenvalue weighted by Gasteiger charge is 2.20. The van der Waals surface area contributed by atoms with E-state index in [4.69, 9.17) is 0 Å². The van der Waals surface area contributed by atoms with Gasteiger partial charge in [0, 0.05) is 26.1 Å². The highest BCUT2D eigenvalue weighted by Crippen LogP contribution is 2.24. The average molecular weight is 394 g/mol. The third-order valence-corrected chi connectivity index (χ3v) is 5.84. The lowest BCUT2D eigenvalue weighted by Crippen LogP contribution is -2.34. The second-order valence-corrected chi connectivity index (χ2v) is 8.47. The number of piperidine rings is 1.